The minimum atomic E-state index is -1.01. The van der Waals surface area contributed by atoms with Crippen molar-refractivity contribution in [2.45, 2.75) is 38.5 Å². The lowest BCUT2D eigenvalue weighted by Crippen LogP contribution is -2.38. The molecule has 0 aromatic carbocycles. The van der Waals surface area contributed by atoms with Crippen LogP contribution in [0.25, 0.3) is 0 Å². The monoisotopic (exact) mass is 360 g/mol. The van der Waals surface area contributed by atoms with E-state index in [2.05, 4.69) is 5.32 Å². The summed E-state index contributed by atoms with van der Waals surface area (Å²) in [5.74, 6) is -1.92. The minimum Gasteiger partial charge on any atom is -0.480 e. The zero-order valence-electron chi connectivity index (χ0n) is 14.3. The van der Waals surface area contributed by atoms with Gasteiger partial charge >= 0.3 is 11.9 Å². The zero-order chi connectivity index (χ0) is 18.5. The fraction of sp³-hybridized carbons (Fsp3) is 0.733. The normalized spacial score (nSPS) is 19.5. The van der Waals surface area contributed by atoms with Crippen LogP contribution in [0, 0.1) is 5.41 Å². The Morgan fingerprint density at radius 2 is 2.04 bits per heavy atom. The molecule has 0 saturated carbocycles. The maximum Gasteiger partial charge on any atom is 0.321 e. The van der Waals surface area contributed by atoms with Crippen molar-refractivity contribution in [3.05, 3.63) is 0 Å². The Morgan fingerprint density at radius 3 is 2.54 bits per heavy atom. The number of hydrogen-bond donors (Lipinski definition) is 2. The smallest absolute Gasteiger partial charge is 0.321 e. The van der Waals surface area contributed by atoms with Gasteiger partial charge in [-0.15, -0.1) is 11.8 Å². The molecule has 1 heterocycles. The van der Waals surface area contributed by atoms with E-state index in [9.17, 15) is 19.2 Å². The fourth-order valence-corrected chi connectivity index (χ4v) is 3.22. The van der Waals surface area contributed by atoms with Crippen LogP contribution < -0.4 is 5.32 Å². The van der Waals surface area contributed by atoms with E-state index in [1.165, 1.54) is 7.05 Å². The average molecular weight is 360 g/mol. The Balaban J connectivity index is 2.49. The predicted molar refractivity (Wildman–Crippen MR) is 88.5 cm³/mol. The van der Waals surface area contributed by atoms with Crippen LogP contribution in [0.5, 0.6) is 0 Å². The summed E-state index contributed by atoms with van der Waals surface area (Å²) in [4.78, 5) is 47.9. The molecule has 1 rings (SSSR count). The number of rotatable bonds is 8. The van der Waals surface area contributed by atoms with E-state index in [1.807, 2.05) is 0 Å². The number of amides is 2. The first kappa shape index (κ1) is 20.4. The lowest BCUT2D eigenvalue weighted by Gasteiger charge is -2.19. The second-order valence-corrected chi connectivity index (χ2v) is 7.71. The molecule has 0 aromatic heterocycles. The minimum absolute atomic E-state index is 0.0188. The highest BCUT2D eigenvalue weighted by molar-refractivity contribution is 8.00. The summed E-state index contributed by atoms with van der Waals surface area (Å²) in [6, 6.07) is -0.778. The number of carboxylic acids is 1. The molecule has 24 heavy (non-hydrogen) atoms. The van der Waals surface area contributed by atoms with Crippen LogP contribution in [0.15, 0.2) is 0 Å². The van der Waals surface area contributed by atoms with Gasteiger partial charge in [-0.1, -0.05) is 0 Å². The molecule has 8 nitrogen and oxygen atoms in total. The molecule has 2 amide bonds. The van der Waals surface area contributed by atoms with Gasteiger partial charge in [0.05, 0.1) is 17.2 Å². The molecule has 1 aliphatic rings. The van der Waals surface area contributed by atoms with E-state index in [0.29, 0.717) is 0 Å². The van der Waals surface area contributed by atoms with Crippen molar-refractivity contribution in [1.29, 1.82) is 0 Å². The Labute approximate surface area is 145 Å². The standard InChI is InChI=1S/C15H24N2O6S/c1-15(2,3)14(22)23-6-5-17-11(18)7-10(12(17)19)24-8-9(16-4)13(20)21/h9-10,16H,5-8H2,1-4H3,(H,20,21). The van der Waals surface area contributed by atoms with Crippen molar-refractivity contribution in [2.24, 2.45) is 5.41 Å². The fourth-order valence-electron chi connectivity index (χ4n) is 1.95. The van der Waals surface area contributed by atoms with Crippen LogP contribution in [0.1, 0.15) is 27.2 Å². The number of esters is 1. The van der Waals surface area contributed by atoms with Crippen LogP contribution in [-0.4, -0.2) is 71.0 Å². The number of nitrogens with one attached hydrogen (secondary N) is 1. The molecular weight excluding hydrogens is 336 g/mol. The summed E-state index contributed by atoms with van der Waals surface area (Å²) >= 11 is 1.14. The number of likely N-dealkylation sites (N-methyl/N-ethyl adjacent to an activating group) is 1. The lowest BCUT2D eigenvalue weighted by molar-refractivity contribution is -0.155. The van der Waals surface area contributed by atoms with Crippen molar-refractivity contribution in [1.82, 2.24) is 10.2 Å². The highest BCUT2D eigenvalue weighted by Gasteiger charge is 2.39. The molecule has 0 aromatic rings. The summed E-state index contributed by atoms with van der Waals surface area (Å²) in [5, 5.41) is 11.0. The Morgan fingerprint density at radius 1 is 1.42 bits per heavy atom. The molecule has 136 valence electrons. The predicted octanol–water partition coefficient (Wildman–Crippen LogP) is 0.109. The second-order valence-electron chi connectivity index (χ2n) is 6.48. The third-order valence-corrected chi connectivity index (χ3v) is 4.77. The maximum atomic E-state index is 12.2. The van der Waals surface area contributed by atoms with Crippen molar-refractivity contribution in [2.75, 3.05) is 26.0 Å². The number of likely N-dealkylation sites (tertiary alicyclic amines) is 1. The first-order chi connectivity index (χ1) is 11.1. The first-order valence-corrected chi connectivity index (χ1v) is 8.66. The number of hydrogen-bond acceptors (Lipinski definition) is 7. The molecule has 0 spiro atoms. The summed E-state index contributed by atoms with van der Waals surface area (Å²) in [6.07, 6.45) is 0.0345. The first-order valence-electron chi connectivity index (χ1n) is 7.61. The number of thioether (sulfide) groups is 1. The van der Waals surface area contributed by atoms with Crippen LogP contribution in [0.2, 0.25) is 0 Å². The summed E-state index contributed by atoms with van der Waals surface area (Å²) in [5.41, 5.74) is -0.642. The molecule has 0 radical (unpaired) electrons. The van der Waals surface area contributed by atoms with E-state index in [-0.39, 0.29) is 37.1 Å². The van der Waals surface area contributed by atoms with Gasteiger partial charge in [-0.25, -0.2) is 0 Å². The Kier molecular flexibility index (Phi) is 7.22. The number of carbonyl (C=O) groups is 4. The van der Waals surface area contributed by atoms with Crippen LogP contribution in [0.4, 0.5) is 0 Å². The molecule has 1 saturated heterocycles. The molecule has 1 aliphatic heterocycles. The van der Waals surface area contributed by atoms with Crippen molar-refractivity contribution >= 4 is 35.5 Å². The topological polar surface area (TPSA) is 113 Å². The van der Waals surface area contributed by atoms with E-state index >= 15 is 0 Å². The lowest BCUT2D eigenvalue weighted by atomic mass is 9.97. The van der Waals surface area contributed by atoms with Gasteiger partial charge < -0.3 is 15.2 Å². The van der Waals surface area contributed by atoms with Gasteiger partial charge in [0.15, 0.2) is 0 Å². The van der Waals surface area contributed by atoms with E-state index in [1.54, 1.807) is 20.8 Å². The van der Waals surface area contributed by atoms with E-state index in [4.69, 9.17) is 9.84 Å². The van der Waals surface area contributed by atoms with E-state index in [0.717, 1.165) is 16.7 Å². The maximum absolute atomic E-state index is 12.2. The highest BCUT2D eigenvalue weighted by atomic mass is 32.2. The van der Waals surface area contributed by atoms with Gasteiger partial charge in [0.2, 0.25) is 11.8 Å². The van der Waals surface area contributed by atoms with Gasteiger partial charge in [0, 0.05) is 12.2 Å². The number of carboxylic acid groups (broad SMARTS) is 1. The molecule has 0 aliphatic carbocycles. The summed E-state index contributed by atoms with van der Waals surface area (Å²) in [7, 11) is 1.52. The molecule has 2 unspecified atom stereocenters. The molecule has 2 atom stereocenters. The van der Waals surface area contributed by atoms with Gasteiger partial charge in [0.25, 0.3) is 0 Å². The van der Waals surface area contributed by atoms with Crippen molar-refractivity contribution < 1.29 is 29.0 Å². The van der Waals surface area contributed by atoms with Crippen molar-refractivity contribution in [3.8, 4) is 0 Å². The third kappa shape index (κ3) is 5.48. The molecular formula is C15H24N2O6S. The third-order valence-electron chi connectivity index (χ3n) is 3.47. The van der Waals surface area contributed by atoms with Gasteiger partial charge in [-0.2, -0.15) is 0 Å². The van der Waals surface area contributed by atoms with Gasteiger partial charge in [-0.05, 0) is 27.8 Å². The van der Waals surface area contributed by atoms with E-state index < -0.39 is 28.6 Å². The van der Waals surface area contributed by atoms with Crippen LogP contribution in [-0.2, 0) is 23.9 Å². The van der Waals surface area contributed by atoms with Gasteiger partial charge in [0.1, 0.15) is 12.6 Å². The Hall–Kier alpha value is -1.61. The van der Waals surface area contributed by atoms with Crippen molar-refractivity contribution in [3.63, 3.8) is 0 Å². The molecule has 2 N–H and O–H groups in total. The number of aliphatic carboxylic acids is 1. The Bertz CT molecular complexity index is 517. The van der Waals surface area contributed by atoms with Crippen LogP contribution in [0.3, 0.4) is 0 Å². The molecule has 9 heteroatoms. The highest BCUT2D eigenvalue weighted by Crippen LogP contribution is 2.25. The number of nitrogens with zero attached hydrogens (tertiary/aromatic N) is 1. The summed E-state index contributed by atoms with van der Waals surface area (Å²) in [6.45, 7) is 5.13. The SMILES string of the molecule is CNC(CSC1CC(=O)N(CCOC(=O)C(C)(C)C)C1=O)C(=O)O. The average Bonchev–Trinajstić information content (AvgIpc) is 2.73. The van der Waals surface area contributed by atoms with Crippen LogP contribution >= 0.6 is 11.8 Å². The quantitative estimate of drug-likeness (QED) is 0.463. The molecule has 0 bridgehead atoms. The zero-order valence-corrected chi connectivity index (χ0v) is 15.1. The largest absolute Gasteiger partial charge is 0.480 e. The number of ether oxygens (including phenoxy) is 1. The second kappa shape index (κ2) is 8.48. The summed E-state index contributed by atoms with van der Waals surface area (Å²) < 4.78 is 5.07. The number of carbonyl (C=O) groups excluding carboxylic acids is 3. The van der Waals surface area contributed by atoms with Gasteiger partial charge in [-0.3, -0.25) is 24.1 Å². The number of imide groups is 1. The molecule has 1 fully saturated rings.